The molecule has 0 bridgehead atoms. The number of carbonyl (C=O) groups is 1. The summed E-state index contributed by atoms with van der Waals surface area (Å²) in [6.45, 7) is 1.67. The van der Waals surface area contributed by atoms with E-state index in [2.05, 4.69) is 20.3 Å². The number of aliphatic hydroxyl groups excluding tert-OH is 1. The van der Waals surface area contributed by atoms with Gasteiger partial charge in [-0.2, -0.15) is 0 Å². The van der Waals surface area contributed by atoms with Crippen molar-refractivity contribution in [1.29, 1.82) is 0 Å². The molecular formula is C23H19FN4O3. The minimum atomic E-state index is -1.10. The van der Waals surface area contributed by atoms with Crippen molar-refractivity contribution >= 4 is 16.9 Å². The molecule has 1 aliphatic heterocycles. The van der Waals surface area contributed by atoms with Gasteiger partial charge in [-0.25, -0.2) is 9.37 Å². The van der Waals surface area contributed by atoms with Gasteiger partial charge in [-0.05, 0) is 43.3 Å². The summed E-state index contributed by atoms with van der Waals surface area (Å²) in [6.07, 6.45) is 3.26. The van der Waals surface area contributed by atoms with Crippen LogP contribution in [-0.4, -0.2) is 38.2 Å². The maximum absolute atomic E-state index is 14.5. The van der Waals surface area contributed by atoms with Crippen molar-refractivity contribution in [2.75, 3.05) is 0 Å². The molecule has 7 nitrogen and oxygen atoms in total. The second-order valence-corrected chi connectivity index (χ2v) is 7.45. The Bertz CT molecular complexity index is 1270. The third-order valence-electron chi connectivity index (χ3n) is 5.51. The van der Waals surface area contributed by atoms with E-state index in [1.807, 2.05) is 12.1 Å². The van der Waals surface area contributed by atoms with E-state index in [9.17, 15) is 14.3 Å². The zero-order valence-electron chi connectivity index (χ0n) is 16.5. The van der Waals surface area contributed by atoms with Gasteiger partial charge < -0.3 is 20.1 Å². The Balaban J connectivity index is 1.42. The van der Waals surface area contributed by atoms with Gasteiger partial charge >= 0.3 is 0 Å². The molecule has 0 fully saturated rings. The number of hydrogen-bond donors (Lipinski definition) is 3. The molecule has 3 atom stereocenters. The minimum absolute atomic E-state index is 0.137. The number of aromatic amines is 1. The average Bonchev–Trinajstić information content (AvgIpc) is 3.26. The van der Waals surface area contributed by atoms with Gasteiger partial charge in [0.2, 0.25) is 0 Å². The summed E-state index contributed by atoms with van der Waals surface area (Å²) in [5.74, 6) is -0.701. The summed E-state index contributed by atoms with van der Waals surface area (Å²) in [6, 6.07) is 10.6. The van der Waals surface area contributed by atoms with Gasteiger partial charge in [0.05, 0.1) is 22.9 Å². The zero-order chi connectivity index (χ0) is 21.5. The lowest BCUT2D eigenvalue weighted by atomic mass is 9.93. The van der Waals surface area contributed by atoms with E-state index in [1.54, 1.807) is 37.5 Å². The van der Waals surface area contributed by atoms with Crippen LogP contribution in [0.2, 0.25) is 0 Å². The molecule has 3 N–H and O–H groups in total. The predicted octanol–water partition coefficient (Wildman–Crippen LogP) is 3.38. The smallest absolute Gasteiger partial charge is 0.253 e. The molecule has 1 amide bonds. The first-order valence-corrected chi connectivity index (χ1v) is 9.85. The maximum Gasteiger partial charge on any atom is 0.253 e. The van der Waals surface area contributed by atoms with E-state index in [4.69, 9.17) is 4.74 Å². The predicted molar refractivity (Wildman–Crippen MR) is 112 cm³/mol. The lowest BCUT2D eigenvalue weighted by Crippen LogP contribution is -2.46. The normalized spacial score (nSPS) is 20.2. The fraction of sp³-hybridized carbons (Fsp3) is 0.174. The van der Waals surface area contributed by atoms with E-state index in [-0.39, 0.29) is 5.56 Å². The first kappa shape index (κ1) is 19.2. The van der Waals surface area contributed by atoms with Crippen LogP contribution in [0.25, 0.3) is 22.3 Å². The third kappa shape index (κ3) is 3.30. The summed E-state index contributed by atoms with van der Waals surface area (Å²) < 4.78 is 20.0. The molecule has 4 heterocycles. The van der Waals surface area contributed by atoms with Gasteiger partial charge in [-0.3, -0.25) is 9.78 Å². The van der Waals surface area contributed by atoms with E-state index >= 15 is 0 Å². The van der Waals surface area contributed by atoms with Crippen molar-refractivity contribution in [3.63, 3.8) is 0 Å². The number of rotatable bonds is 3. The molecule has 156 valence electrons. The molecule has 1 aromatic carbocycles. The number of H-pyrrole nitrogens is 1. The summed E-state index contributed by atoms with van der Waals surface area (Å²) in [4.78, 5) is 24.6. The number of nitrogens with zero attached hydrogens (tertiary/aromatic N) is 2. The number of ether oxygens (including phenoxy) is 1. The highest BCUT2D eigenvalue weighted by atomic mass is 19.1. The molecule has 0 aliphatic carbocycles. The minimum Gasteiger partial charge on any atom is -0.487 e. The molecule has 1 aliphatic rings. The number of aliphatic hydroxyl groups is 1. The van der Waals surface area contributed by atoms with Crippen LogP contribution in [0.1, 0.15) is 28.9 Å². The summed E-state index contributed by atoms with van der Waals surface area (Å²) in [5, 5.41) is 14.2. The number of carbonyl (C=O) groups excluding carboxylic acids is 1. The van der Waals surface area contributed by atoms with Gasteiger partial charge in [-0.15, -0.1) is 0 Å². The molecule has 3 aromatic heterocycles. The van der Waals surface area contributed by atoms with Gasteiger partial charge in [0.15, 0.2) is 0 Å². The molecule has 5 rings (SSSR count). The van der Waals surface area contributed by atoms with Crippen LogP contribution in [0, 0.1) is 5.82 Å². The molecule has 0 radical (unpaired) electrons. The van der Waals surface area contributed by atoms with E-state index < -0.39 is 30.0 Å². The fourth-order valence-corrected chi connectivity index (χ4v) is 3.89. The number of fused-ring (bicyclic) bond motifs is 2. The molecule has 0 spiro atoms. The average molecular weight is 418 g/mol. The second-order valence-electron chi connectivity index (χ2n) is 7.45. The first-order chi connectivity index (χ1) is 15.0. The Hall–Kier alpha value is -3.78. The third-order valence-corrected chi connectivity index (χ3v) is 5.51. The molecule has 31 heavy (non-hydrogen) atoms. The number of amides is 1. The molecule has 0 saturated heterocycles. The number of halogens is 1. The second kappa shape index (κ2) is 7.48. The van der Waals surface area contributed by atoms with Crippen LogP contribution < -0.4 is 10.1 Å². The molecule has 0 saturated carbocycles. The monoisotopic (exact) mass is 418 g/mol. The standard InChI is InChI=1S/C23H19FN4O3/c1-12-21(29)20(19-16(24)3-2-4-18(19)31-12)28-23(30)13-5-6-17(27-11-13)14-7-9-25-22-15(14)8-10-26-22/h2-12,20-21,29H,1H3,(H,25,26)(H,28,30). The zero-order valence-corrected chi connectivity index (χ0v) is 16.5. The van der Waals surface area contributed by atoms with Crippen LogP contribution in [-0.2, 0) is 0 Å². The number of nitrogens with one attached hydrogen (secondary N) is 2. The Kier molecular flexibility index (Phi) is 4.63. The van der Waals surface area contributed by atoms with Crippen molar-refractivity contribution in [3.05, 3.63) is 78.0 Å². The SMILES string of the molecule is CC1Oc2cccc(F)c2C(NC(=O)c2ccc(-c3ccnc4[nH]ccc34)nc2)C1O. The summed E-state index contributed by atoms with van der Waals surface area (Å²) in [7, 11) is 0. The van der Waals surface area contributed by atoms with Crippen molar-refractivity contribution in [2.24, 2.45) is 0 Å². The van der Waals surface area contributed by atoms with Gasteiger partial charge in [0.25, 0.3) is 5.91 Å². The molecular weight excluding hydrogens is 399 g/mol. The number of aromatic nitrogens is 3. The van der Waals surface area contributed by atoms with Gasteiger partial charge in [-0.1, -0.05) is 6.07 Å². The Morgan fingerprint density at radius 1 is 1.19 bits per heavy atom. The van der Waals surface area contributed by atoms with Crippen molar-refractivity contribution in [1.82, 2.24) is 20.3 Å². The highest BCUT2D eigenvalue weighted by molar-refractivity contribution is 5.95. The van der Waals surface area contributed by atoms with Crippen molar-refractivity contribution in [3.8, 4) is 17.0 Å². The fourth-order valence-electron chi connectivity index (χ4n) is 3.89. The van der Waals surface area contributed by atoms with E-state index in [0.717, 1.165) is 16.6 Å². The van der Waals surface area contributed by atoms with Crippen LogP contribution in [0.5, 0.6) is 5.75 Å². The first-order valence-electron chi connectivity index (χ1n) is 9.85. The molecule has 8 heteroatoms. The van der Waals surface area contributed by atoms with Crippen molar-refractivity contribution in [2.45, 2.75) is 25.2 Å². The van der Waals surface area contributed by atoms with Gasteiger partial charge in [0, 0.05) is 29.5 Å². The quantitative estimate of drug-likeness (QED) is 0.474. The van der Waals surface area contributed by atoms with E-state index in [0.29, 0.717) is 17.0 Å². The number of hydrogen-bond acceptors (Lipinski definition) is 5. The van der Waals surface area contributed by atoms with E-state index in [1.165, 1.54) is 18.3 Å². The lowest BCUT2D eigenvalue weighted by molar-refractivity contribution is 0.00168. The topological polar surface area (TPSA) is 100 Å². The summed E-state index contributed by atoms with van der Waals surface area (Å²) in [5.41, 5.74) is 2.78. The van der Waals surface area contributed by atoms with Crippen LogP contribution in [0.4, 0.5) is 4.39 Å². The maximum atomic E-state index is 14.5. The van der Waals surface area contributed by atoms with Crippen molar-refractivity contribution < 1.29 is 19.0 Å². The Morgan fingerprint density at radius 2 is 2.06 bits per heavy atom. The highest BCUT2D eigenvalue weighted by Gasteiger charge is 2.38. The lowest BCUT2D eigenvalue weighted by Gasteiger charge is -2.35. The number of pyridine rings is 2. The largest absolute Gasteiger partial charge is 0.487 e. The Labute approximate surface area is 176 Å². The summed E-state index contributed by atoms with van der Waals surface area (Å²) >= 11 is 0. The molecule has 4 aromatic rings. The molecule has 3 unspecified atom stereocenters. The van der Waals surface area contributed by atoms with Crippen LogP contribution in [0.3, 0.4) is 0 Å². The Morgan fingerprint density at radius 3 is 2.87 bits per heavy atom. The van der Waals surface area contributed by atoms with Gasteiger partial charge in [0.1, 0.15) is 29.4 Å². The number of benzene rings is 1. The highest BCUT2D eigenvalue weighted by Crippen LogP contribution is 2.37. The van der Waals surface area contributed by atoms with Crippen LogP contribution >= 0.6 is 0 Å². The van der Waals surface area contributed by atoms with Crippen LogP contribution in [0.15, 0.2) is 61.1 Å².